The molecule has 0 aliphatic rings. The topological polar surface area (TPSA) is 81.4 Å². The Morgan fingerprint density at radius 3 is 2.62 bits per heavy atom. The molecule has 2 aromatic rings. The van der Waals surface area contributed by atoms with E-state index in [1.165, 1.54) is 7.11 Å². The number of primary amides is 1. The van der Waals surface area contributed by atoms with Crippen LogP contribution in [-0.2, 0) is 11.2 Å². The molecule has 0 fully saturated rings. The Kier molecular flexibility index (Phi) is 6.23. The maximum atomic E-state index is 12.3. The molecule has 0 bridgehead atoms. The molecule has 7 heteroatoms. The molecule has 1 atom stereocenters. The number of ether oxygens (including phenoxy) is 1. The molecule has 24 heavy (non-hydrogen) atoms. The van der Waals surface area contributed by atoms with E-state index in [9.17, 15) is 9.59 Å². The van der Waals surface area contributed by atoms with Crippen molar-refractivity contribution in [3.8, 4) is 5.75 Å². The predicted molar refractivity (Wildman–Crippen MR) is 96.3 cm³/mol. The Morgan fingerprint density at radius 1 is 1.29 bits per heavy atom. The van der Waals surface area contributed by atoms with Crippen molar-refractivity contribution >= 4 is 39.3 Å². The predicted octanol–water partition coefficient (Wildman–Crippen LogP) is 2.94. The fourth-order valence-corrected chi connectivity index (χ4v) is 2.85. The normalized spacial score (nSPS) is 11.6. The van der Waals surface area contributed by atoms with E-state index < -0.39 is 11.9 Å². The van der Waals surface area contributed by atoms with E-state index in [-0.39, 0.29) is 12.3 Å². The summed E-state index contributed by atoms with van der Waals surface area (Å²) in [6.07, 6.45) is 0.235. The number of carbonyl (C=O) groups excluding carboxylic acids is 2. The van der Waals surface area contributed by atoms with Gasteiger partial charge in [-0.1, -0.05) is 39.7 Å². The van der Waals surface area contributed by atoms with E-state index in [2.05, 4.69) is 21.2 Å². The highest BCUT2D eigenvalue weighted by molar-refractivity contribution is 9.10. The van der Waals surface area contributed by atoms with Crippen molar-refractivity contribution in [2.24, 2.45) is 5.73 Å². The molecule has 0 spiro atoms. The van der Waals surface area contributed by atoms with Gasteiger partial charge >= 0.3 is 0 Å². The van der Waals surface area contributed by atoms with Crippen LogP contribution in [0.15, 0.2) is 46.9 Å². The smallest absolute Gasteiger partial charge is 0.251 e. The van der Waals surface area contributed by atoms with Gasteiger partial charge in [-0.3, -0.25) is 9.59 Å². The summed E-state index contributed by atoms with van der Waals surface area (Å²) < 4.78 is 5.86. The van der Waals surface area contributed by atoms with E-state index in [1.54, 1.807) is 36.4 Å². The summed E-state index contributed by atoms with van der Waals surface area (Å²) in [5.41, 5.74) is 6.61. The van der Waals surface area contributed by atoms with Gasteiger partial charge in [0, 0.05) is 16.5 Å². The SMILES string of the molecule is COc1ccc(C[C@H](NC(=O)c2cccc(Br)c2)C(N)=O)cc1Cl. The third kappa shape index (κ3) is 4.72. The minimum Gasteiger partial charge on any atom is -0.495 e. The highest BCUT2D eigenvalue weighted by atomic mass is 79.9. The molecule has 0 unspecified atom stereocenters. The maximum absolute atomic E-state index is 12.3. The lowest BCUT2D eigenvalue weighted by Gasteiger charge is -2.16. The minimum atomic E-state index is -0.846. The van der Waals surface area contributed by atoms with Crippen LogP contribution in [-0.4, -0.2) is 25.0 Å². The van der Waals surface area contributed by atoms with Crippen LogP contribution in [0.3, 0.4) is 0 Å². The Morgan fingerprint density at radius 2 is 2.04 bits per heavy atom. The van der Waals surface area contributed by atoms with Gasteiger partial charge < -0.3 is 15.8 Å². The first-order valence-electron chi connectivity index (χ1n) is 7.09. The van der Waals surface area contributed by atoms with Crippen LogP contribution in [0.25, 0.3) is 0 Å². The van der Waals surface area contributed by atoms with Crippen LogP contribution in [0, 0.1) is 0 Å². The van der Waals surface area contributed by atoms with Crippen molar-refractivity contribution in [3.63, 3.8) is 0 Å². The summed E-state index contributed by atoms with van der Waals surface area (Å²) >= 11 is 9.38. The average Bonchev–Trinajstić information content (AvgIpc) is 2.54. The molecule has 0 aliphatic heterocycles. The molecule has 126 valence electrons. The number of nitrogens with two attached hydrogens (primary N) is 1. The fourth-order valence-electron chi connectivity index (χ4n) is 2.17. The molecule has 0 saturated carbocycles. The number of halogens is 2. The molecule has 0 aliphatic carbocycles. The monoisotopic (exact) mass is 410 g/mol. The van der Waals surface area contributed by atoms with Crippen molar-refractivity contribution in [2.45, 2.75) is 12.5 Å². The summed E-state index contributed by atoms with van der Waals surface area (Å²) in [4.78, 5) is 24.0. The largest absolute Gasteiger partial charge is 0.495 e. The third-order valence-corrected chi connectivity index (χ3v) is 4.18. The van der Waals surface area contributed by atoms with Crippen molar-refractivity contribution in [3.05, 3.63) is 63.1 Å². The number of hydrogen-bond acceptors (Lipinski definition) is 3. The van der Waals surface area contributed by atoms with Crippen LogP contribution < -0.4 is 15.8 Å². The summed E-state index contributed by atoms with van der Waals surface area (Å²) in [7, 11) is 1.52. The molecule has 2 aromatic carbocycles. The van der Waals surface area contributed by atoms with Crippen molar-refractivity contribution in [1.82, 2.24) is 5.32 Å². The third-order valence-electron chi connectivity index (χ3n) is 3.39. The van der Waals surface area contributed by atoms with Gasteiger partial charge in [-0.25, -0.2) is 0 Å². The molecule has 0 aromatic heterocycles. The number of rotatable bonds is 6. The molecule has 2 amide bonds. The lowest BCUT2D eigenvalue weighted by atomic mass is 10.0. The van der Waals surface area contributed by atoms with Gasteiger partial charge in [0.2, 0.25) is 5.91 Å². The molecule has 0 saturated heterocycles. The second-order valence-corrected chi connectivity index (χ2v) is 6.43. The molecule has 3 N–H and O–H groups in total. The molecule has 5 nitrogen and oxygen atoms in total. The van der Waals surface area contributed by atoms with Gasteiger partial charge in [0.25, 0.3) is 5.91 Å². The number of amides is 2. The first-order valence-corrected chi connectivity index (χ1v) is 8.26. The fraction of sp³-hybridized carbons (Fsp3) is 0.176. The molecular weight excluding hydrogens is 396 g/mol. The zero-order chi connectivity index (χ0) is 17.7. The van der Waals surface area contributed by atoms with E-state index in [0.29, 0.717) is 16.3 Å². The van der Waals surface area contributed by atoms with Gasteiger partial charge in [0.05, 0.1) is 12.1 Å². The van der Waals surface area contributed by atoms with Gasteiger partial charge in [-0.05, 0) is 35.9 Å². The van der Waals surface area contributed by atoms with E-state index >= 15 is 0 Å². The Balaban J connectivity index is 2.13. The highest BCUT2D eigenvalue weighted by Crippen LogP contribution is 2.25. The van der Waals surface area contributed by atoms with Crippen LogP contribution in [0.4, 0.5) is 0 Å². The van der Waals surface area contributed by atoms with E-state index in [0.717, 1.165) is 10.0 Å². The van der Waals surface area contributed by atoms with Gasteiger partial charge in [-0.2, -0.15) is 0 Å². The lowest BCUT2D eigenvalue weighted by Crippen LogP contribution is -2.45. The van der Waals surface area contributed by atoms with Crippen molar-refractivity contribution in [1.29, 1.82) is 0 Å². The Labute approximate surface area is 153 Å². The number of methoxy groups -OCH3 is 1. The van der Waals surface area contributed by atoms with E-state index in [4.69, 9.17) is 22.1 Å². The lowest BCUT2D eigenvalue weighted by molar-refractivity contribution is -0.119. The molecular formula is C17H16BrClN2O3. The van der Waals surface area contributed by atoms with Crippen LogP contribution in [0.1, 0.15) is 15.9 Å². The van der Waals surface area contributed by atoms with Crippen molar-refractivity contribution < 1.29 is 14.3 Å². The van der Waals surface area contributed by atoms with Crippen molar-refractivity contribution in [2.75, 3.05) is 7.11 Å². The Hall–Kier alpha value is -2.05. The summed E-state index contributed by atoms with van der Waals surface area (Å²) in [5, 5.41) is 3.08. The number of hydrogen-bond donors (Lipinski definition) is 2. The van der Waals surface area contributed by atoms with E-state index in [1.807, 2.05) is 6.07 Å². The highest BCUT2D eigenvalue weighted by Gasteiger charge is 2.20. The van der Waals surface area contributed by atoms with Gasteiger partial charge in [0.1, 0.15) is 11.8 Å². The first kappa shape index (κ1) is 18.3. The minimum absolute atomic E-state index is 0.235. The van der Waals surface area contributed by atoms with Crippen LogP contribution >= 0.6 is 27.5 Å². The molecule has 0 heterocycles. The maximum Gasteiger partial charge on any atom is 0.251 e. The number of nitrogens with one attached hydrogen (secondary N) is 1. The quantitative estimate of drug-likeness (QED) is 0.767. The van der Waals surface area contributed by atoms with Crippen LogP contribution in [0.2, 0.25) is 5.02 Å². The zero-order valence-corrected chi connectivity index (χ0v) is 15.2. The average molecular weight is 412 g/mol. The second kappa shape index (κ2) is 8.17. The van der Waals surface area contributed by atoms with Crippen LogP contribution in [0.5, 0.6) is 5.75 Å². The summed E-state index contributed by atoms with van der Waals surface area (Å²) in [6, 6.07) is 11.2. The molecule has 2 rings (SSSR count). The summed E-state index contributed by atoms with van der Waals surface area (Å²) in [5.74, 6) is -0.459. The first-order chi connectivity index (χ1) is 11.4. The van der Waals surface area contributed by atoms with Gasteiger partial charge in [0.15, 0.2) is 0 Å². The number of carbonyl (C=O) groups is 2. The standard InChI is InChI=1S/C17H16BrClN2O3/c1-24-15-6-5-10(7-13(15)19)8-14(16(20)22)21-17(23)11-3-2-4-12(18)9-11/h2-7,9,14H,8H2,1H3,(H2,20,22)(H,21,23)/t14-/m0/s1. The Bertz CT molecular complexity index is 767. The van der Waals surface area contributed by atoms with Gasteiger partial charge in [-0.15, -0.1) is 0 Å². The number of benzene rings is 2. The molecule has 0 radical (unpaired) electrons. The summed E-state index contributed by atoms with van der Waals surface area (Å²) in [6.45, 7) is 0. The zero-order valence-electron chi connectivity index (χ0n) is 12.9. The second-order valence-electron chi connectivity index (χ2n) is 5.11.